The summed E-state index contributed by atoms with van der Waals surface area (Å²) in [5.41, 5.74) is 2.25. The average molecular weight is 445 g/mol. The number of nitrogens with zero attached hydrogens (tertiary/aromatic N) is 5. The first-order valence-electron chi connectivity index (χ1n) is 9.15. The molecule has 12 heteroatoms. The molecule has 1 amide bonds. The Kier molecular flexibility index (Phi) is 4.46. The first-order chi connectivity index (χ1) is 14.8. The Hall–Kier alpha value is -3.41. The van der Waals surface area contributed by atoms with Crippen molar-refractivity contribution in [3.05, 3.63) is 59.3 Å². The molecule has 1 aromatic carbocycles. The van der Waals surface area contributed by atoms with Crippen LogP contribution in [-0.2, 0) is 11.0 Å². The number of aromatic amines is 1. The fourth-order valence-electron chi connectivity index (χ4n) is 3.56. The predicted molar refractivity (Wildman–Crippen MR) is 108 cm³/mol. The van der Waals surface area contributed by atoms with E-state index in [2.05, 4.69) is 30.4 Å². The van der Waals surface area contributed by atoms with Crippen molar-refractivity contribution in [2.75, 3.05) is 11.1 Å². The van der Waals surface area contributed by atoms with Crippen molar-refractivity contribution in [3.63, 3.8) is 0 Å². The van der Waals surface area contributed by atoms with Crippen LogP contribution >= 0.6 is 11.8 Å². The molecule has 5 rings (SSSR count). The molecule has 31 heavy (non-hydrogen) atoms. The van der Waals surface area contributed by atoms with Crippen LogP contribution in [0.2, 0.25) is 0 Å². The summed E-state index contributed by atoms with van der Waals surface area (Å²) >= 11 is 1.33. The van der Waals surface area contributed by atoms with Gasteiger partial charge in [-0.05, 0) is 24.6 Å². The quantitative estimate of drug-likeness (QED) is 0.489. The lowest BCUT2D eigenvalue weighted by Gasteiger charge is -2.16. The molecule has 0 fully saturated rings. The Labute approximate surface area is 177 Å². The molecule has 0 radical (unpaired) electrons. The van der Waals surface area contributed by atoms with Gasteiger partial charge in [0.25, 0.3) is 0 Å². The standard InChI is InChI=1S/C19H14F3N7OS/c1-9-13-15(10-2-4-11(5-3-10)19(20,21)22)31-6-12(30)27-17(13)29(28-9)18-14-16(24-7-23-14)25-8-26-18/h2-5,7-8,15H,6H2,1H3,(H,27,30)(H,23,24,25,26). The van der Waals surface area contributed by atoms with E-state index in [-0.39, 0.29) is 16.9 Å². The minimum Gasteiger partial charge on any atom is -0.340 e. The van der Waals surface area contributed by atoms with Crippen molar-refractivity contribution in [2.45, 2.75) is 18.3 Å². The minimum absolute atomic E-state index is 0.142. The van der Waals surface area contributed by atoms with Gasteiger partial charge in [-0.25, -0.2) is 15.0 Å². The van der Waals surface area contributed by atoms with Crippen LogP contribution in [0.5, 0.6) is 0 Å². The second-order valence-corrected chi connectivity index (χ2v) is 8.01. The van der Waals surface area contributed by atoms with Crippen molar-refractivity contribution in [2.24, 2.45) is 0 Å². The van der Waals surface area contributed by atoms with E-state index in [1.54, 1.807) is 6.92 Å². The van der Waals surface area contributed by atoms with Crippen LogP contribution in [0.4, 0.5) is 19.0 Å². The molecule has 8 nitrogen and oxygen atoms in total. The number of benzene rings is 1. The summed E-state index contributed by atoms with van der Waals surface area (Å²) in [6.07, 6.45) is -1.58. The number of hydrogen-bond acceptors (Lipinski definition) is 6. The summed E-state index contributed by atoms with van der Waals surface area (Å²) in [5, 5.41) is 7.05. The fourth-order valence-corrected chi connectivity index (χ4v) is 4.75. The topological polar surface area (TPSA) is 101 Å². The molecule has 0 spiro atoms. The number of halogens is 3. The molecule has 158 valence electrons. The lowest BCUT2D eigenvalue weighted by atomic mass is 10.0. The largest absolute Gasteiger partial charge is 0.416 e. The van der Waals surface area contributed by atoms with Crippen molar-refractivity contribution >= 4 is 34.7 Å². The number of rotatable bonds is 2. The summed E-state index contributed by atoms with van der Waals surface area (Å²) in [4.78, 5) is 27.9. The lowest BCUT2D eigenvalue weighted by Crippen LogP contribution is -2.16. The number of carbonyl (C=O) groups is 1. The zero-order valence-corrected chi connectivity index (χ0v) is 16.8. The molecule has 1 aliphatic heterocycles. The maximum Gasteiger partial charge on any atom is 0.416 e. The molecule has 2 N–H and O–H groups in total. The first-order valence-corrected chi connectivity index (χ1v) is 10.2. The Balaban J connectivity index is 1.66. The van der Waals surface area contributed by atoms with Crippen LogP contribution in [0, 0.1) is 6.92 Å². The van der Waals surface area contributed by atoms with Crippen LogP contribution in [-0.4, -0.2) is 41.4 Å². The highest BCUT2D eigenvalue weighted by molar-refractivity contribution is 8.00. The molecular formula is C19H14F3N7OS. The molecule has 1 atom stereocenters. The van der Waals surface area contributed by atoms with Gasteiger partial charge in [0.15, 0.2) is 11.5 Å². The van der Waals surface area contributed by atoms with Gasteiger partial charge in [0.2, 0.25) is 5.91 Å². The predicted octanol–water partition coefficient (Wildman–Crippen LogP) is 3.64. The van der Waals surface area contributed by atoms with E-state index < -0.39 is 11.7 Å². The first kappa shape index (κ1) is 19.5. The number of aromatic nitrogens is 6. The van der Waals surface area contributed by atoms with Gasteiger partial charge < -0.3 is 10.3 Å². The van der Waals surface area contributed by atoms with Crippen LogP contribution < -0.4 is 5.32 Å². The van der Waals surface area contributed by atoms with Gasteiger partial charge in [0.1, 0.15) is 17.7 Å². The van der Waals surface area contributed by atoms with Gasteiger partial charge in [-0.2, -0.15) is 23.0 Å². The Morgan fingerprint density at radius 3 is 2.68 bits per heavy atom. The van der Waals surface area contributed by atoms with E-state index >= 15 is 0 Å². The molecule has 0 bridgehead atoms. The second-order valence-electron chi connectivity index (χ2n) is 6.92. The number of thioether (sulfide) groups is 1. The van der Waals surface area contributed by atoms with Crippen LogP contribution in [0.1, 0.15) is 27.6 Å². The fraction of sp³-hybridized carbons (Fsp3) is 0.211. The Morgan fingerprint density at radius 2 is 1.94 bits per heavy atom. The average Bonchev–Trinajstić information content (AvgIpc) is 3.28. The van der Waals surface area contributed by atoms with Crippen LogP contribution in [0.25, 0.3) is 17.0 Å². The maximum atomic E-state index is 13.0. The zero-order valence-electron chi connectivity index (χ0n) is 15.9. The van der Waals surface area contributed by atoms with E-state index in [1.807, 2.05) is 0 Å². The molecule has 0 saturated carbocycles. The number of carbonyl (C=O) groups excluding carboxylic acids is 1. The highest BCUT2D eigenvalue weighted by Gasteiger charge is 2.33. The number of aryl methyl sites for hydroxylation is 1. The monoisotopic (exact) mass is 445 g/mol. The van der Waals surface area contributed by atoms with Gasteiger partial charge >= 0.3 is 6.18 Å². The zero-order chi connectivity index (χ0) is 21.8. The third-order valence-electron chi connectivity index (χ3n) is 4.95. The number of imidazole rings is 1. The highest BCUT2D eigenvalue weighted by Crippen LogP contribution is 2.44. The van der Waals surface area contributed by atoms with Gasteiger partial charge in [-0.3, -0.25) is 4.79 Å². The van der Waals surface area contributed by atoms with Gasteiger partial charge in [-0.15, -0.1) is 11.8 Å². The number of anilines is 1. The van der Waals surface area contributed by atoms with Crippen LogP contribution in [0.15, 0.2) is 36.9 Å². The number of fused-ring (bicyclic) bond motifs is 2. The SMILES string of the molecule is Cc1nn(-c2ncnc3nc[nH]c23)c2c1C(c1ccc(C(F)(F)F)cc1)SCC(=O)N2. The van der Waals surface area contributed by atoms with Crippen molar-refractivity contribution in [3.8, 4) is 5.82 Å². The van der Waals surface area contributed by atoms with Gasteiger partial charge in [0.05, 0.1) is 28.6 Å². The number of nitrogens with one attached hydrogen (secondary N) is 2. The molecular weight excluding hydrogens is 431 g/mol. The smallest absolute Gasteiger partial charge is 0.340 e. The van der Waals surface area contributed by atoms with E-state index in [0.717, 1.165) is 12.1 Å². The summed E-state index contributed by atoms with van der Waals surface area (Å²) in [6.45, 7) is 1.79. The van der Waals surface area contributed by atoms with E-state index in [4.69, 9.17) is 0 Å². The molecule has 4 heterocycles. The minimum atomic E-state index is -4.42. The summed E-state index contributed by atoms with van der Waals surface area (Å²) in [7, 11) is 0. The number of alkyl halides is 3. The van der Waals surface area contributed by atoms with Gasteiger partial charge in [0, 0.05) is 5.56 Å². The number of amides is 1. The molecule has 3 aromatic heterocycles. The maximum absolute atomic E-state index is 13.0. The summed E-state index contributed by atoms with van der Waals surface area (Å²) in [6, 6.07) is 4.98. The molecule has 1 unspecified atom stereocenters. The third kappa shape index (κ3) is 3.32. The molecule has 0 saturated heterocycles. The number of H-pyrrole nitrogens is 1. The molecule has 4 aromatic rings. The van der Waals surface area contributed by atoms with Crippen molar-refractivity contribution in [1.82, 2.24) is 29.7 Å². The normalized spacial score (nSPS) is 16.8. The Morgan fingerprint density at radius 1 is 1.16 bits per heavy atom. The second kappa shape index (κ2) is 7.08. The number of hydrogen-bond donors (Lipinski definition) is 2. The Bertz CT molecular complexity index is 1300. The summed E-state index contributed by atoms with van der Waals surface area (Å²) < 4.78 is 40.4. The van der Waals surface area contributed by atoms with Crippen molar-refractivity contribution < 1.29 is 18.0 Å². The lowest BCUT2D eigenvalue weighted by molar-refractivity contribution is -0.137. The third-order valence-corrected chi connectivity index (χ3v) is 6.22. The molecule has 1 aliphatic rings. The van der Waals surface area contributed by atoms with Crippen LogP contribution in [0.3, 0.4) is 0 Å². The summed E-state index contributed by atoms with van der Waals surface area (Å²) in [5.74, 6) is 0.734. The van der Waals surface area contributed by atoms with Gasteiger partial charge in [-0.1, -0.05) is 12.1 Å². The highest BCUT2D eigenvalue weighted by atomic mass is 32.2. The van der Waals surface area contributed by atoms with E-state index in [1.165, 1.54) is 41.2 Å². The van der Waals surface area contributed by atoms with E-state index in [0.29, 0.717) is 39.6 Å². The molecule has 0 aliphatic carbocycles. The van der Waals surface area contributed by atoms with E-state index in [9.17, 15) is 18.0 Å². The van der Waals surface area contributed by atoms with Crippen molar-refractivity contribution in [1.29, 1.82) is 0 Å².